The highest BCUT2D eigenvalue weighted by molar-refractivity contribution is 5.79. The summed E-state index contributed by atoms with van der Waals surface area (Å²) in [7, 11) is 1.71. The molecule has 0 saturated carbocycles. The van der Waals surface area contributed by atoms with E-state index in [2.05, 4.69) is 33.5 Å². The van der Waals surface area contributed by atoms with E-state index in [4.69, 9.17) is 0 Å². The summed E-state index contributed by atoms with van der Waals surface area (Å²) in [6.07, 6.45) is 4.96. The Bertz CT molecular complexity index is 463. The lowest BCUT2D eigenvalue weighted by Crippen LogP contribution is -2.43. The van der Waals surface area contributed by atoms with Crippen molar-refractivity contribution in [3.05, 3.63) is 23.9 Å². The van der Waals surface area contributed by atoms with Gasteiger partial charge in [0.05, 0.1) is 5.92 Å². The molecule has 2 N–H and O–H groups in total. The number of hydrogen-bond acceptors (Lipinski definition) is 4. The van der Waals surface area contributed by atoms with Crippen molar-refractivity contribution in [2.24, 2.45) is 5.92 Å². The Hall–Kier alpha value is -1.62. The van der Waals surface area contributed by atoms with Gasteiger partial charge >= 0.3 is 0 Å². The second-order valence-corrected chi connectivity index (χ2v) is 5.56. The molecule has 5 heteroatoms. The fourth-order valence-corrected chi connectivity index (χ4v) is 2.84. The minimum absolute atomic E-state index is 0.0715. The van der Waals surface area contributed by atoms with Crippen LogP contribution in [-0.4, -0.2) is 37.6 Å². The van der Waals surface area contributed by atoms with Crippen LogP contribution in [0.2, 0.25) is 0 Å². The second-order valence-electron chi connectivity index (χ2n) is 5.56. The summed E-state index contributed by atoms with van der Waals surface area (Å²) in [6, 6.07) is 4.10. The molecule has 0 aromatic carbocycles. The van der Waals surface area contributed by atoms with Crippen LogP contribution in [0.3, 0.4) is 0 Å². The summed E-state index contributed by atoms with van der Waals surface area (Å²) >= 11 is 0. The Balaban J connectivity index is 2.07. The fourth-order valence-electron chi connectivity index (χ4n) is 2.84. The molecular weight excluding hydrogens is 264 g/mol. The number of nitrogens with one attached hydrogen (secondary N) is 2. The van der Waals surface area contributed by atoms with Gasteiger partial charge in [0.15, 0.2) is 0 Å². The van der Waals surface area contributed by atoms with Gasteiger partial charge in [0.1, 0.15) is 5.82 Å². The molecule has 0 bridgehead atoms. The molecule has 1 aliphatic heterocycles. The van der Waals surface area contributed by atoms with Crippen LogP contribution in [0.1, 0.15) is 31.7 Å². The summed E-state index contributed by atoms with van der Waals surface area (Å²) in [5.74, 6) is 1.23. The molecule has 5 nitrogen and oxygen atoms in total. The van der Waals surface area contributed by atoms with Gasteiger partial charge in [-0.3, -0.25) is 4.79 Å². The van der Waals surface area contributed by atoms with Gasteiger partial charge in [0.2, 0.25) is 5.91 Å². The second kappa shape index (κ2) is 7.98. The van der Waals surface area contributed by atoms with E-state index in [9.17, 15) is 4.79 Å². The van der Waals surface area contributed by atoms with E-state index in [1.54, 1.807) is 7.05 Å². The van der Waals surface area contributed by atoms with Gasteiger partial charge in [-0.1, -0.05) is 13.0 Å². The fraction of sp³-hybridized carbons (Fsp3) is 0.625. The maximum atomic E-state index is 11.9. The first-order valence-electron chi connectivity index (χ1n) is 7.87. The normalized spacial score (nSPS) is 18.6. The lowest BCUT2D eigenvalue weighted by molar-refractivity contribution is -0.124. The molecule has 1 aliphatic rings. The van der Waals surface area contributed by atoms with E-state index in [0.29, 0.717) is 0 Å². The molecule has 0 aliphatic carbocycles. The lowest BCUT2D eigenvalue weighted by atomic mass is 9.97. The largest absolute Gasteiger partial charge is 0.359 e. The molecule has 1 atom stereocenters. The maximum Gasteiger partial charge on any atom is 0.224 e. The number of carbonyl (C=O) groups excluding carboxylic acids is 1. The van der Waals surface area contributed by atoms with Crippen molar-refractivity contribution >= 4 is 11.7 Å². The smallest absolute Gasteiger partial charge is 0.224 e. The predicted octanol–water partition coefficient (Wildman–Crippen LogP) is 1.54. The number of carbonyl (C=O) groups is 1. The topological polar surface area (TPSA) is 57.3 Å². The predicted molar refractivity (Wildman–Crippen MR) is 85.2 cm³/mol. The van der Waals surface area contributed by atoms with Crippen LogP contribution in [0.15, 0.2) is 18.3 Å². The van der Waals surface area contributed by atoms with E-state index in [1.165, 1.54) is 5.56 Å². The minimum Gasteiger partial charge on any atom is -0.359 e. The average molecular weight is 290 g/mol. The Morgan fingerprint density at radius 2 is 2.38 bits per heavy atom. The van der Waals surface area contributed by atoms with Crippen molar-refractivity contribution in [3.63, 3.8) is 0 Å². The molecule has 21 heavy (non-hydrogen) atoms. The average Bonchev–Trinajstić information content (AvgIpc) is 2.55. The number of pyridine rings is 1. The van der Waals surface area contributed by atoms with E-state index in [-0.39, 0.29) is 11.8 Å². The molecule has 1 aromatic heterocycles. The molecule has 1 saturated heterocycles. The first-order chi connectivity index (χ1) is 10.3. The number of piperidine rings is 1. The highest BCUT2D eigenvalue weighted by atomic mass is 16.1. The molecule has 116 valence electrons. The van der Waals surface area contributed by atoms with Crippen molar-refractivity contribution < 1.29 is 4.79 Å². The Labute approximate surface area is 127 Å². The highest BCUT2D eigenvalue weighted by Gasteiger charge is 2.26. The Morgan fingerprint density at radius 3 is 3.14 bits per heavy atom. The van der Waals surface area contributed by atoms with Crippen LogP contribution < -0.4 is 15.5 Å². The number of amides is 1. The molecule has 1 amide bonds. The SMILES string of the molecule is CCCNCc1cccnc1N1CCCC(C(=O)NC)C1. The maximum absolute atomic E-state index is 11.9. The molecule has 1 aromatic rings. The Kier molecular flexibility index (Phi) is 5.99. The number of rotatable bonds is 6. The van der Waals surface area contributed by atoms with Crippen molar-refractivity contribution in [1.82, 2.24) is 15.6 Å². The van der Waals surface area contributed by atoms with E-state index in [0.717, 1.165) is 51.3 Å². The summed E-state index contributed by atoms with van der Waals surface area (Å²) in [5.41, 5.74) is 1.21. The van der Waals surface area contributed by atoms with E-state index >= 15 is 0 Å². The number of aromatic nitrogens is 1. The van der Waals surface area contributed by atoms with Gasteiger partial charge in [-0.05, 0) is 31.9 Å². The van der Waals surface area contributed by atoms with Crippen LogP contribution >= 0.6 is 0 Å². The molecule has 2 rings (SSSR count). The minimum atomic E-state index is 0.0715. The quantitative estimate of drug-likeness (QED) is 0.780. The zero-order valence-electron chi connectivity index (χ0n) is 13.1. The highest BCUT2D eigenvalue weighted by Crippen LogP contribution is 2.24. The zero-order valence-corrected chi connectivity index (χ0v) is 13.1. The third-order valence-corrected chi connectivity index (χ3v) is 3.95. The molecule has 0 radical (unpaired) electrons. The molecule has 0 spiro atoms. The lowest BCUT2D eigenvalue weighted by Gasteiger charge is -2.33. The van der Waals surface area contributed by atoms with Crippen LogP contribution in [-0.2, 0) is 11.3 Å². The van der Waals surface area contributed by atoms with E-state index < -0.39 is 0 Å². The van der Waals surface area contributed by atoms with Crippen molar-refractivity contribution in [2.75, 3.05) is 31.6 Å². The van der Waals surface area contributed by atoms with Crippen LogP contribution in [0.25, 0.3) is 0 Å². The third-order valence-electron chi connectivity index (χ3n) is 3.95. The van der Waals surface area contributed by atoms with Gasteiger partial charge in [-0.25, -0.2) is 4.98 Å². The van der Waals surface area contributed by atoms with E-state index in [1.807, 2.05) is 12.3 Å². The number of anilines is 1. The first-order valence-corrected chi connectivity index (χ1v) is 7.87. The third kappa shape index (κ3) is 4.17. The summed E-state index contributed by atoms with van der Waals surface area (Å²) in [6.45, 7) is 5.74. The number of nitrogens with zero attached hydrogens (tertiary/aromatic N) is 2. The standard InChI is InChI=1S/C16H26N4O/c1-3-8-18-11-13-6-4-9-19-15(13)20-10-5-7-14(12-20)16(21)17-2/h4,6,9,14,18H,3,5,7-8,10-12H2,1-2H3,(H,17,21). The van der Waals surface area contributed by atoms with Gasteiger partial charge in [0, 0.05) is 38.4 Å². The van der Waals surface area contributed by atoms with Gasteiger partial charge in [-0.15, -0.1) is 0 Å². The molecule has 2 heterocycles. The zero-order chi connectivity index (χ0) is 15.1. The molecule has 1 fully saturated rings. The monoisotopic (exact) mass is 290 g/mol. The van der Waals surface area contributed by atoms with Crippen LogP contribution in [0.5, 0.6) is 0 Å². The molecule has 1 unspecified atom stereocenters. The first kappa shape index (κ1) is 15.8. The van der Waals surface area contributed by atoms with Crippen LogP contribution in [0.4, 0.5) is 5.82 Å². The summed E-state index contributed by atoms with van der Waals surface area (Å²) in [5, 5.41) is 6.19. The van der Waals surface area contributed by atoms with Gasteiger partial charge < -0.3 is 15.5 Å². The Morgan fingerprint density at radius 1 is 1.52 bits per heavy atom. The van der Waals surface area contributed by atoms with Gasteiger partial charge in [0.25, 0.3) is 0 Å². The molecular formula is C16H26N4O. The van der Waals surface area contributed by atoms with Crippen LogP contribution in [0, 0.1) is 5.92 Å². The van der Waals surface area contributed by atoms with Crippen molar-refractivity contribution in [3.8, 4) is 0 Å². The van der Waals surface area contributed by atoms with Gasteiger partial charge in [-0.2, -0.15) is 0 Å². The summed E-state index contributed by atoms with van der Waals surface area (Å²) < 4.78 is 0. The summed E-state index contributed by atoms with van der Waals surface area (Å²) in [4.78, 5) is 18.7. The van der Waals surface area contributed by atoms with Crippen molar-refractivity contribution in [2.45, 2.75) is 32.7 Å². The number of hydrogen-bond donors (Lipinski definition) is 2. The van der Waals surface area contributed by atoms with Crippen molar-refractivity contribution in [1.29, 1.82) is 0 Å².